The third-order valence-electron chi connectivity index (χ3n) is 2.91. The quantitative estimate of drug-likeness (QED) is 0.782. The summed E-state index contributed by atoms with van der Waals surface area (Å²) in [4.78, 5) is 15.1. The lowest BCUT2D eigenvalue weighted by Crippen LogP contribution is -2.52. The van der Waals surface area contributed by atoms with Crippen molar-refractivity contribution in [1.29, 1.82) is 0 Å². The SMILES string of the molecule is CN1CCN(NS(=O)(=O)c2cc(C(=O)O)oc2Br)CC1. The zero-order chi connectivity index (χ0) is 14.9. The zero-order valence-corrected chi connectivity index (χ0v) is 13.1. The van der Waals surface area contributed by atoms with Gasteiger partial charge in [-0.25, -0.2) is 18.2 Å². The highest BCUT2D eigenvalue weighted by atomic mass is 79.9. The van der Waals surface area contributed by atoms with E-state index in [2.05, 4.69) is 25.7 Å². The number of nitrogens with one attached hydrogen (secondary N) is 1. The number of rotatable bonds is 4. The third-order valence-corrected chi connectivity index (χ3v) is 5.14. The Kier molecular flexibility index (Phi) is 4.49. The lowest BCUT2D eigenvalue weighted by molar-refractivity contribution is 0.0661. The van der Waals surface area contributed by atoms with Crippen LogP contribution in [-0.2, 0) is 10.0 Å². The molecule has 1 aromatic heterocycles. The average Bonchev–Trinajstić information content (AvgIpc) is 2.75. The Morgan fingerprint density at radius 2 is 2.00 bits per heavy atom. The number of hydrogen-bond donors (Lipinski definition) is 2. The summed E-state index contributed by atoms with van der Waals surface area (Å²) in [6.45, 7) is 2.60. The molecule has 0 atom stereocenters. The van der Waals surface area contributed by atoms with E-state index < -0.39 is 21.8 Å². The van der Waals surface area contributed by atoms with Crippen molar-refractivity contribution in [3.05, 3.63) is 16.5 Å². The standard InChI is InChI=1S/C10H14BrN3O5S/c1-13-2-4-14(5-3-13)12-20(17,18)8-6-7(10(15)16)19-9(8)11/h6,12H,2-5H2,1H3,(H,15,16). The molecule has 0 bridgehead atoms. The van der Waals surface area contributed by atoms with Gasteiger partial charge < -0.3 is 14.4 Å². The second-order valence-electron chi connectivity index (χ2n) is 4.44. The first-order valence-electron chi connectivity index (χ1n) is 5.78. The van der Waals surface area contributed by atoms with Crippen molar-refractivity contribution in [2.45, 2.75) is 4.90 Å². The predicted octanol–water partition coefficient (Wildman–Crippen LogP) is 0.181. The van der Waals surface area contributed by atoms with Crippen LogP contribution < -0.4 is 4.83 Å². The van der Waals surface area contributed by atoms with Crippen LogP contribution in [0.25, 0.3) is 0 Å². The number of furan rings is 1. The van der Waals surface area contributed by atoms with E-state index in [4.69, 9.17) is 9.52 Å². The number of carbonyl (C=O) groups is 1. The summed E-state index contributed by atoms with van der Waals surface area (Å²) in [5.74, 6) is -1.76. The number of aromatic carboxylic acids is 1. The molecule has 1 saturated heterocycles. The van der Waals surface area contributed by atoms with Gasteiger partial charge in [0.25, 0.3) is 10.0 Å². The van der Waals surface area contributed by atoms with E-state index in [-0.39, 0.29) is 9.56 Å². The molecule has 0 saturated carbocycles. The van der Waals surface area contributed by atoms with E-state index in [1.165, 1.54) is 0 Å². The number of carboxylic acid groups (broad SMARTS) is 1. The zero-order valence-electron chi connectivity index (χ0n) is 10.7. The predicted molar refractivity (Wildman–Crippen MR) is 72.8 cm³/mol. The number of likely N-dealkylation sites (N-methyl/N-ethyl adjacent to an activating group) is 1. The molecule has 0 unspecified atom stereocenters. The van der Waals surface area contributed by atoms with Crippen LogP contribution in [0.1, 0.15) is 10.6 Å². The maximum absolute atomic E-state index is 12.2. The molecule has 1 aliphatic rings. The first kappa shape index (κ1) is 15.4. The highest BCUT2D eigenvalue weighted by molar-refractivity contribution is 9.10. The topological polar surface area (TPSA) is 103 Å². The van der Waals surface area contributed by atoms with Crippen molar-refractivity contribution in [1.82, 2.24) is 14.7 Å². The van der Waals surface area contributed by atoms with Crippen molar-refractivity contribution in [3.63, 3.8) is 0 Å². The van der Waals surface area contributed by atoms with Crippen LogP contribution in [0.3, 0.4) is 0 Å². The first-order chi connectivity index (χ1) is 9.29. The fraction of sp³-hybridized carbons (Fsp3) is 0.500. The summed E-state index contributed by atoms with van der Waals surface area (Å²) in [6, 6.07) is 0.977. The number of carboxylic acids is 1. The minimum absolute atomic E-state index is 0.128. The molecule has 0 aliphatic carbocycles. The molecule has 8 nitrogen and oxygen atoms in total. The van der Waals surface area contributed by atoms with Crippen LogP contribution in [0.4, 0.5) is 0 Å². The van der Waals surface area contributed by atoms with E-state index in [1.807, 2.05) is 7.05 Å². The molecule has 20 heavy (non-hydrogen) atoms. The van der Waals surface area contributed by atoms with E-state index >= 15 is 0 Å². The molecule has 2 rings (SSSR count). The Morgan fingerprint density at radius 1 is 1.40 bits per heavy atom. The number of nitrogens with zero attached hydrogens (tertiary/aromatic N) is 2. The van der Waals surface area contributed by atoms with Gasteiger partial charge in [-0.3, -0.25) is 0 Å². The van der Waals surface area contributed by atoms with E-state index in [9.17, 15) is 13.2 Å². The van der Waals surface area contributed by atoms with E-state index in [0.29, 0.717) is 13.1 Å². The molecule has 2 N–H and O–H groups in total. The summed E-state index contributed by atoms with van der Waals surface area (Å²) < 4.78 is 29.1. The lowest BCUT2D eigenvalue weighted by atomic mass is 10.4. The monoisotopic (exact) mass is 367 g/mol. The molecule has 1 aromatic rings. The molecule has 1 fully saturated rings. The fourth-order valence-electron chi connectivity index (χ4n) is 1.76. The van der Waals surface area contributed by atoms with Gasteiger partial charge in [-0.1, -0.05) is 0 Å². The highest BCUT2D eigenvalue weighted by Gasteiger charge is 2.27. The van der Waals surface area contributed by atoms with Crippen LogP contribution in [0.15, 0.2) is 20.0 Å². The molecule has 0 aromatic carbocycles. The molecule has 112 valence electrons. The van der Waals surface area contributed by atoms with Crippen LogP contribution >= 0.6 is 15.9 Å². The normalized spacial score (nSPS) is 18.3. The number of hydrazine groups is 1. The molecule has 0 radical (unpaired) electrons. The van der Waals surface area contributed by atoms with Crippen molar-refractivity contribution < 1.29 is 22.7 Å². The molecule has 2 heterocycles. The Balaban J connectivity index is 2.16. The lowest BCUT2D eigenvalue weighted by Gasteiger charge is -2.31. The van der Waals surface area contributed by atoms with Crippen molar-refractivity contribution in [2.24, 2.45) is 0 Å². The van der Waals surface area contributed by atoms with Gasteiger partial charge in [0.2, 0.25) is 5.76 Å². The second kappa shape index (κ2) is 5.82. The van der Waals surface area contributed by atoms with Crippen LogP contribution in [0, 0.1) is 0 Å². The van der Waals surface area contributed by atoms with Crippen LogP contribution in [-0.4, -0.2) is 62.6 Å². The van der Waals surface area contributed by atoms with E-state index in [1.54, 1.807) is 5.01 Å². The van der Waals surface area contributed by atoms with Crippen molar-refractivity contribution in [3.8, 4) is 0 Å². The van der Waals surface area contributed by atoms with Gasteiger partial charge in [-0.05, 0) is 23.0 Å². The summed E-state index contributed by atoms with van der Waals surface area (Å²) in [5, 5.41) is 10.4. The molecule has 0 amide bonds. The molecule has 1 aliphatic heterocycles. The maximum Gasteiger partial charge on any atom is 0.371 e. The Morgan fingerprint density at radius 3 is 2.50 bits per heavy atom. The van der Waals surface area contributed by atoms with Gasteiger partial charge in [-0.15, -0.1) is 4.83 Å². The largest absolute Gasteiger partial charge is 0.475 e. The van der Waals surface area contributed by atoms with Gasteiger partial charge in [-0.2, -0.15) is 0 Å². The highest BCUT2D eigenvalue weighted by Crippen LogP contribution is 2.26. The fourth-order valence-corrected chi connectivity index (χ4v) is 3.82. The van der Waals surface area contributed by atoms with Gasteiger partial charge in [0, 0.05) is 32.2 Å². The minimum Gasteiger partial charge on any atom is -0.475 e. The Labute approximate surface area is 124 Å². The molecular formula is C10H14BrN3O5S. The van der Waals surface area contributed by atoms with Crippen molar-refractivity contribution in [2.75, 3.05) is 33.2 Å². The van der Waals surface area contributed by atoms with Gasteiger partial charge >= 0.3 is 5.97 Å². The number of sulfonamides is 1. The maximum atomic E-state index is 12.2. The summed E-state index contributed by atoms with van der Waals surface area (Å²) in [6.07, 6.45) is 0. The Hall–Kier alpha value is -0.940. The summed E-state index contributed by atoms with van der Waals surface area (Å²) in [7, 11) is -1.91. The number of hydrogen-bond acceptors (Lipinski definition) is 6. The second-order valence-corrected chi connectivity index (χ2v) is 6.79. The van der Waals surface area contributed by atoms with Crippen LogP contribution in [0.5, 0.6) is 0 Å². The first-order valence-corrected chi connectivity index (χ1v) is 8.06. The van der Waals surface area contributed by atoms with E-state index in [0.717, 1.165) is 19.2 Å². The number of halogens is 1. The summed E-state index contributed by atoms with van der Waals surface area (Å²) >= 11 is 2.92. The van der Waals surface area contributed by atoms with Crippen LogP contribution in [0.2, 0.25) is 0 Å². The van der Waals surface area contributed by atoms with Gasteiger partial charge in [0.05, 0.1) is 0 Å². The Bertz CT molecular complexity index is 606. The van der Waals surface area contributed by atoms with Gasteiger partial charge in [0.1, 0.15) is 4.90 Å². The number of piperazine rings is 1. The molecule has 10 heteroatoms. The van der Waals surface area contributed by atoms with Crippen molar-refractivity contribution >= 4 is 31.9 Å². The summed E-state index contributed by atoms with van der Waals surface area (Å²) in [5.41, 5.74) is 0. The average molecular weight is 368 g/mol. The molecule has 0 spiro atoms. The minimum atomic E-state index is -3.87. The molecular weight excluding hydrogens is 354 g/mol. The van der Waals surface area contributed by atoms with Gasteiger partial charge in [0.15, 0.2) is 4.67 Å². The smallest absolute Gasteiger partial charge is 0.371 e. The third kappa shape index (κ3) is 3.38.